The predicted octanol–water partition coefficient (Wildman–Crippen LogP) is 3.80. The normalized spacial score (nSPS) is 20.0. The zero-order valence-corrected chi connectivity index (χ0v) is 24.3. The molecule has 0 bridgehead atoms. The molecule has 2 heterocycles. The molecule has 1 aliphatic heterocycles. The number of pyridine rings is 1. The number of aromatic nitrogens is 1. The molecule has 1 aromatic carbocycles. The molecule has 1 amide bonds. The van der Waals surface area contributed by atoms with E-state index in [1.807, 2.05) is 12.1 Å². The molecular weight excluding hydrogens is 526 g/mol. The highest BCUT2D eigenvalue weighted by molar-refractivity contribution is 7.92. The van der Waals surface area contributed by atoms with Gasteiger partial charge < -0.3 is 20.4 Å². The number of hydrogen-bond acceptors (Lipinski definition) is 8. The standard InChI is InChI=1S/C29H39N7O3S/c1-5-29(37)33-26-18-25(11-12-27(26)35-16-14-23(15-17-35)34(2)3)36(40(4,38)39)24-9-7-22(8-10-24)32-28-13-6-21(19-30)20-31-28/h5-6,11-13,18,20,22-24H,1,7-10,14-17H2,2-4H3,(H,31,32)(H,33,37). The van der Waals surface area contributed by atoms with Crippen molar-refractivity contribution in [2.75, 3.05) is 53.3 Å². The molecule has 40 heavy (non-hydrogen) atoms. The molecule has 10 nitrogen and oxygen atoms in total. The fourth-order valence-electron chi connectivity index (χ4n) is 5.73. The second-order valence-electron chi connectivity index (χ2n) is 10.8. The summed E-state index contributed by atoms with van der Waals surface area (Å²) in [6.07, 6.45) is 8.91. The Labute approximate surface area is 237 Å². The van der Waals surface area contributed by atoms with E-state index in [0.29, 0.717) is 41.6 Å². The molecule has 214 valence electrons. The smallest absolute Gasteiger partial charge is 0.247 e. The van der Waals surface area contributed by atoms with E-state index < -0.39 is 10.0 Å². The van der Waals surface area contributed by atoms with Crippen LogP contribution in [0.1, 0.15) is 44.1 Å². The summed E-state index contributed by atoms with van der Waals surface area (Å²) in [5.41, 5.74) is 2.51. The third-order valence-electron chi connectivity index (χ3n) is 7.84. The van der Waals surface area contributed by atoms with Gasteiger partial charge in [0, 0.05) is 37.4 Å². The number of nitrogens with zero attached hydrogens (tertiary/aromatic N) is 5. The summed E-state index contributed by atoms with van der Waals surface area (Å²) in [5, 5.41) is 15.3. The van der Waals surface area contributed by atoms with Gasteiger partial charge >= 0.3 is 0 Å². The maximum atomic E-state index is 13.1. The molecule has 0 radical (unpaired) electrons. The number of carbonyl (C=O) groups excluding carboxylic acids is 1. The SMILES string of the molecule is C=CC(=O)Nc1cc(N(C2CCC(Nc3ccc(C#N)cn3)CC2)S(C)(=O)=O)ccc1N1CCC(N(C)C)CC1. The molecule has 2 aliphatic rings. The summed E-state index contributed by atoms with van der Waals surface area (Å²) in [4.78, 5) is 21.1. The number of benzene rings is 1. The lowest BCUT2D eigenvalue weighted by Gasteiger charge is -2.39. The summed E-state index contributed by atoms with van der Waals surface area (Å²) in [5.74, 6) is 0.366. The van der Waals surface area contributed by atoms with Crippen molar-refractivity contribution in [3.8, 4) is 6.07 Å². The lowest BCUT2D eigenvalue weighted by atomic mass is 9.91. The largest absolute Gasteiger partial charge is 0.370 e. The Balaban J connectivity index is 1.53. The fourth-order valence-corrected chi connectivity index (χ4v) is 6.98. The highest BCUT2D eigenvalue weighted by atomic mass is 32.2. The molecule has 1 aromatic heterocycles. The molecule has 0 unspecified atom stereocenters. The van der Waals surface area contributed by atoms with E-state index in [2.05, 4.69) is 52.2 Å². The number of sulfonamides is 1. The molecule has 2 N–H and O–H groups in total. The summed E-state index contributed by atoms with van der Waals surface area (Å²) in [6.45, 7) is 5.28. The van der Waals surface area contributed by atoms with Gasteiger partial charge in [-0.1, -0.05) is 6.58 Å². The zero-order chi connectivity index (χ0) is 28.9. The van der Waals surface area contributed by atoms with Crippen LogP contribution in [0.2, 0.25) is 0 Å². The lowest BCUT2D eigenvalue weighted by Crippen LogP contribution is -2.44. The Morgan fingerprint density at radius 3 is 2.35 bits per heavy atom. The molecule has 1 aliphatic carbocycles. The third kappa shape index (κ3) is 7.11. The van der Waals surface area contributed by atoms with Crippen molar-refractivity contribution in [2.24, 2.45) is 0 Å². The first-order valence-corrected chi connectivity index (χ1v) is 15.5. The van der Waals surface area contributed by atoms with Crippen molar-refractivity contribution in [3.63, 3.8) is 0 Å². The van der Waals surface area contributed by atoms with Crippen LogP contribution in [0.3, 0.4) is 0 Å². The lowest BCUT2D eigenvalue weighted by molar-refractivity contribution is -0.111. The zero-order valence-electron chi connectivity index (χ0n) is 23.5. The van der Waals surface area contributed by atoms with Gasteiger partial charge in [-0.2, -0.15) is 5.26 Å². The van der Waals surface area contributed by atoms with Gasteiger partial charge in [-0.3, -0.25) is 9.10 Å². The Kier molecular flexibility index (Phi) is 9.32. The minimum Gasteiger partial charge on any atom is -0.370 e. The maximum absolute atomic E-state index is 13.1. The van der Waals surface area contributed by atoms with Crippen molar-refractivity contribution in [1.29, 1.82) is 5.26 Å². The average molecular weight is 566 g/mol. The molecule has 2 aromatic rings. The first-order chi connectivity index (χ1) is 19.1. The highest BCUT2D eigenvalue weighted by Gasteiger charge is 2.32. The number of amides is 1. The Hall–Kier alpha value is -3.62. The Morgan fingerprint density at radius 1 is 1.10 bits per heavy atom. The first-order valence-electron chi connectivity index (χ1n) is 13.7. The number of rotatable bonds is 9. The molecule has 0 spiro atoms. The van der Waals surface area contributed by atoms with Gasteiger partial charge in [-0.15, -0.1) is 0 Å². The van der Waals surface area contributed by atoms with E-state index >= 15 is 0 Å². The monoisotopic (exact) mass is 565 g/mol. The first kappa shape index (κ1) is 29.4. The van der Waals surface area contributed by atoms with E-state index in [-0.39, 0.29) is 18.0 Å². The van der Waals surface area contributed by atoms with Crippen molar-refractivity contribution in [1.82, 2.24) is 9.88 Å². The van der Waals surface area contributed by atoms with Crippen molar-refractivity contribution >= 4 is 38.8 Å². The summed E-state index contributed by atoms with van der Waals surface area (Å²) >= 11 is 0. The quantitative estimate of drug-likeness (QED) is 0.441. The summed E-state index contributed by atoms with van der Waals surface area (Å²) < 4.78 is 27.7. The van der Waals surface area contributed by atoms with Crippen LogP contribution in [0.15, 0.2) is 49.2 Å². The van der Waals surface area contributed by atoms with Crippen LogP contribution in [0, 0.1) is 11.3 Å². The third-order valence-corrected chi connectivity index (χ3v) is 9.07. The van der Waals surface area contributed by atoms with Gasteiger partial charge in [-0.05, 0) is 89.0 Å². The molecule has 1 saturated carbocycles. The topological polar surface area (TPSA) is 122 Å². The summed E-state index contributed by atoms with van der Waals surface area (Å²) in [7, 11) is 0.602. The van der Waals surface area contributed by atoms with Crippen LogP contribution in [-0.2, 0) is 14.8 Å². The van der Waals surface area contributed by atoms with E-state index in [0.717, 1.165) is 44.5 Å². The van der Waals surface area contributed by atoms with Gasteiger partial charge in [0.05, 0.1) is 28.9 Å². The molecule has 2 fully saturated rings. The van der Waals surface area contributed by atoms with Crippen LogP contribution >= 0.6 is 0 Å². The average Bonchev–Trinajstić information content (AvgIpc) is 2.94. The second kappa shape index (κ2) is 12.7. The van der Waals surface area contributed by atoms with Crippen LogP contribution < -0.4 is 19.8 Å². The van der Waals surface area contributed by atoms with Crippen molar-refractivity contribution in [2.45, 2.75) is 56.7 Å². The van der Waals surface area contributed by atoms with Crippen LogP contribution in [0.4, 0.5) is 22.9 Å². The van der Waals surface area contributed by atoms with Gasteiger partial charge in [0.15, 0.2) is 0 Å². The summed E-state index contributed by atoms with van der Waals surface area (Å²) in [6, 6.07) is 11.6. The molecule has 0 atom stereocenters. The number of anilines is 4. The van der Waals surface area contributed by atoms with E-state index in [9.17, 15) is 13.2 Å². The minimum absolute atomic E-state index is 0.160. The van der Waals surface area contributed by atoms with Crippen molar-refractivity contribution < 1.29 is 13.2 Å². The number of nitriles is 1. The minimum atomic E-state index is -3.59. The van der Waals surface area contributed by atoms with Gasteiger partial charge in [-0.25, -0.2) is 13.4 Å². The maximum Gasteiger partial charge on any atom is 0.247 e. The Morgan fingerprint density at radius 2 is 1.80 bits per heavy atom. The van der Waals surface area contributed by atoms with Gasteiger partial charge in [0.1, 0.15) is 11.9 Å². The molecule has 4 rings (SSSR count). The number of carbonyl (C=O) groups is 1. The molecule has 11 heteroatoms. The van der Waals surface area contributed by atoms with Gasteiger partial charge in [0.2, 0.25) is 15.9 Å². The molecule has 1 saturated heterocycles. The number of nitrogens with one attached hydrogen (secondary N) is 2. The number of piperidine rings is 1. The van der Waals surface area contributed by atoms with Crippen LogP contribution in [0.25, 0.3) is 0 Å². The fraction of sp³-hybridized carbons (Fsp3) is 0.483. The van der Waals surface area contributed by atoms with Crippen LogP contribution in [-0.4, -0.2) is 75.8 Å². The van der Waals surface area contributed by atoms with E-state index in [1.54, 1.807) is 18.2 Å². The Bertz CT molecular complexity index is 1340. The van der Waals surface area contributed by atoms with Gasteiger partial charge in [0.25, 0.3) is 0 Å². The van der Waals surface area contributed by atoms with Crippen LogP contribution in [0.5, 0.6) is 0 Å². The molecular formula is C29H39N7O3S. The number of hydrogen-bond donors (Lipinski definition) is 2. The van der Waals surface area contributed by atoms with E-state index in [4.69, 9.17) is 5.26 Å². The second-order valence-corrected chi connectivity index (χ2v) is 12.7. The highest BCUT2D eigenvalue weighted by Crippen LogP contribution is 2.37. The van der Waals surface area contributed by atoms with E-state index in [1.165, 1.54) is 22.8 Å². The predicted molar refractivity (Wildman–Crippen MR) is 160 cm³/mol. The van der Waals surface area contributed by atoms with Crippen molar-refractivity contribution in [3.05, 3.63) is 54.7 Å².